The maximum Gasteiger partial charge on any atom is 0.106 e. The first-order valence-electron chi connectivity index (χ1n) is 9.87. The molecule has 0 spiro atoms. The van der Waals surface area contributed by atoms with Crippen molar-refractivity contribution in [1.82, 2.24) is 0 Å². The summed E-state index contributed by atoms with van der Waals surface area (Å²) in [6, 6.07) is 11.1. The molecule has 0 saturated carbocycles. The average Bonchev–Trinajstić information content (AvgIpc) is 2.61. The molecule has 2 heteroatoms. The summed E-state index contributed by atoms with van der Waals surface area (Å²) in [7, 11) is 0. The van der Waals surface area contributed by atoms with Gasteiger partial charge in [-0.1, -0.05) is 63.2 Å². The molecule has 0 amide bonds. The SMILES string of the molecule is C=CCc1ccc(CN=O)cc1-c1cc2c(cc1C)C(C)(C)CCC2(C)C. The third-order valence-electron chi connectivity index (χ3n) is 6.27. The minimum absolute atomic E-state index is 0.174. The minimum Gasteiger partial charge on any atom is -0.150 e. The van der Waals surface area contributed by atoms with Gasteiger partial charge in [-0.15, -0.1) is 6.58 Å². The molecule has 3 rings (SSSR count). The van der Waals surface area contributed by atoms with E-state index in [0.29, 0.717) is 0 Å². The van der Waals surface area contributed by atoms with Gasteiger partial charge in [-0.25, -0.2) is 0 Å². The van der Waals surface area contributed by atoms with E-state index in [1.807, 2.05) is 12.1 Å². The molecule has 142 valence electrons. The molecule has 0 bridgehead atoms. The van der Waals surface area contributed by atoms with Gasteiger partial charge >= 0.3 is 0 Å². The predicted octanol–water partition coefficient (Wildman–Crippen LogP) is 7.01. The largest absolute Gasteiger partial charge is 0.150 e. The predicted molar refractivity (Wildman–Crippen MR) is 115 cm³/mol. The number of nitrogens with zero attached hydrogens (tertiary/aromatic N) is 1. The second-order valence-corrected chi connectivity index (χ2v) is 9.25. The minimum atomic E-state index is 0.174. The van der Waals surface area contributed by atoms with Crippen LogP contribution in [0.2, 0.25) is 0 Å². The Hall–Kier alpha value is -2.22. The maximum atomic E-state index is 10.8. The molecule has 2 nitrogen and oxygen atoms in total. The first-order chi connectivity index (χ1) is 12.7. The van der Waals surface area contributed by atoms with Crippen LogP contribution in [-0.4, -0.2) is 0 Å². The van der Waals surface area contributed by atoms with Crippen LogP contribution in [0.15, 0.2) is 48.2 Å². The normalized spacial score (nSPS) is 17.2. The van der Waals surface area contributed by atoms with Crippen LogP contribution in [0, 0.1) is 11.8 Å². The lowest BCUT2D eigenvalue weighted by Crippen LogP contribution is -2.34. The van der Waals surface area contributed by atoms with Gasteiger partial charge in [0.1, 0.15) is 6.54 Å². The zero-order valence-corrected chi connectivity index (χ0v) is 17.4. The standard InChI is InChI=1S/C25H31NO/c1-7-8-19-10-9-18(16-26-27)14-21(19)20-15-23-22(13-17(20)2)24(3,4)11-12-25(23,5)6/h7,9-10,13-15H,1,8,11-12,16H2,2-6H3. The molecule has 0 unspecified atom stereocenters. The lowest BCUT2D eigenvalue weighted by molar-refractivity contribution is 0.332. The number of hydrogen-bond acceptors (Lipinski definition) is 2. The van der Waals surface area contributed by atoms with Crippen LogP contribution in [0.25, 0.3) is 11.1 Å². The van der Waals surface area contributed by atoms with Crippen molar-refractivity contribution in [3.63, 3.8) is 0 Å². The number of nitroso groups, excluding NO2 is 1. The van der Waals surface area contributed by atoms with Crippen LogP contribution in [0.1, 0.15) is 68.4 Å². The van der Waals surface area contributed by atoms with E-state index in [4.69, 9.17) is 0 Å². The Labute approximate surface area is 163 Å². The molecule has 0 heterocycles. The highest BCUT2D eigenvalue weighted by Gasteiger charge is 2.37. The van der Waals surface area contributed by atoms with Gasteiger partial charge in [-0.3, -0.25) is 0 Å². The van der Waals surface area contributed by atoms with E-state index in [2.05, 4.69) is 70.6 Å². The Morgan fingerprint density at radius 2 is 1.63 bits per heavy atom. The third-order valence-corrected chi connectivity index (χ3v) is 6.27. The van der Waals surface area contributed by atoms with Gasteiger partial charge in [0, 0.05) is 0 Å². The van der Waals surface area contributed by atoms with Crippen molar-refractivity contribution in [3.05, 3.63) is 75.7 Å². The van der Waals surface area contributed by atoms with Gasteiger partial charge in [0.2, 0.25) is 0 Å². The zero-order chi connectivity index (χ0) is 19.8. The van der Waals surface area contributed by atoms with Crippen LogP contribution in [-0.2, 0) is 23.8 Å². The van der Waals surface area contributed by atoms with E-state index >= 15 is 0 Å². The van der Waals surface area contributed by atoms with Gasteiger partial charge < -0.3 is 0 Å². The van der Waals surface area contributed by atoms with E-state index in [9.17, 15) is 4.91 Å². The number of fused-ring (bicyclic) bond motifs is 1. The third kappa shape index (κ3) is 3.63. The Bertz CT molecular complexity index is 889. The van der Waals surface area contributed by atoms with Crippen LogP contribution in [0.4, 0.5) is 0 Å². The molecule has 0 saturated heterocycles. The summed E-state index contributed by atoms with van der Waals surface area (Å²) in [6.45, 7) is 15.8. The van der Waals surface area contributed by atoms with Crippen molar-refractivity contribution < 1.29 is 0 Å². The molecule has 27 heavy (non-hydrogen) atoms. The fraction of sp³-hybridized carbons (Fsp3) is 0.440. The Kier molecular flexibility index (Phi) is 5.12. The summed E-state index contributed by atoms with van der Waals surface area (Å²) in [5.41, 5.74) is 9.30. The van der Waals surface area contributed by atoms with Crippen molar-refractivity contribution in [2.75, 3.05) is 0 Å². The highest BCUT2D eigenvalue weighted by atomic mass is 16.3. The summed E-state index contributed by atoms with van der Waals surface area (Å²) < 4.78 is 0. The molecule has 1 aliphatic carbocycles. The monoisotopic (exact) mass is 361 g/mol. The first-order valence-corrected chi connectivity index (χ1v) is 9.87. The molecule has 2 aromatic rings. The maximum absolute atomic E-state index is 10.8. The summed E-state index contributed by atoms with van der Waals surface area (Å²) in [6.07, 6.45) is 5.17. The zero-order valence-electron chi connectivity index (χ0n) is 17.4. The van der Waals surface area contributed by atoms with Crippen molar-refractivity contribution in [2.45, 2.75) is 71.3 Å². The van der Waals surface area contributed by atoms with Crippen molar-refractivity contribution >= 4 is 0 Å². The number of aryl methyl sites for hydroxylation is 1. The molecule has 0 aliphatic heterocycles. The highest BCUT2D eigenvalue weighted by Crippen LogP contribution is 2.48. The molecule has 0 atom stereocenters. The summed E-state index contributed by atoms with van der Waals surface area (Å²) in [4.78, 5) is 10.8. The quantitative estimate of drug-likeness (QED) is 0.416. The number of allylic oxidation sites excluding steroid dienone is 1. The Morgan fingerprint density at radius 1 is 1.00 bits per heavy atom. The van der Waals surface area contributed by atoms with Crippen molar-refractivity contribution in [2.24, 2.45) is 5.18 Å². The Morgan fingerprint density at radius 3 is 2.22 bits per heavy atom. The molecule has 0 radical (unpaired) electrons. The fourth-order valence-corrected chi connectivity index (χ4v) is 4.39. The summed E-state index contributed by atoms with van der Waals surface area (Å²) in [5, 5.41) is 3.08. The molecule has 0 N–H and O–H groups in total. The second-order valence-electron chi connectivity index (χ2n) is 9.25. The van der Waals surface area contributed by atoms with Gasteiger partial charge in [0.05, 0.1) is 0 Å². The highest BCUT2D eigenvalue weighted by molar-refractivity contribution is 5.74. The molecule has 2 aromatic carbocycles. The van der Waals surface area contributed by atoms with Gasteiger partial charge in [0.25, 0.3) is 0 Å². The summed E-state index contributed by atoms with van der Waals surface area (Å²) in [5.74, 6) is 0. The number of benzene rings is 2. The number of rotatable bonds is 5. The van der Waals surface area contributed by atoms with E-state index in [1.54, 1.807) is 0 Å². The molecule has 1 aliphatic rings. The van der Waals surface area contributed by atoms with Crippen LogP contribution >= 0.6 is 0 Å². The van der Waals surface area contributed by atoms with Gasteiger partial charge in [-0.05, 0) is 82.0 Å². The smallest absolute Gasteiger partial charge is 0.106 e. The lowest BCUT2D eigenvalue weighted by atomic mass is 9.62. The summed E-state index contributed by atoms with van der Waals surface area (Å²) >= 11 is 0. The van der Waals surface area contributed by atoms with Crippen LogP contribution < -0.4 is 0 Å². The van der Waals surface area contributed by atoms with Crippen molar-refractivity contribution in [1.29, 1.82) is 0 Å². The van der Waals surface area contributed by atoms with Gasteiger partial charge in [0.15, 0.2) is 0 Å². The van der Waals surface area contributed by atoms with Crippen molar-refractivity contribution in [3.8, 4) is 11.1 Å². The molecule has 0 fully saturated rings. The molecule has 0 aromatic heterocycles. The van der Waals surface area contributed by atoms with E-state index < -0.39 is 0 Å². The molecular formula is C25H31NO. The van der Waals surface area contributed by atoms with E-state index in [0.717, 1.165) is 12.0 Å². The topological polar surface area (TPSA) is 29.4 Å². The van der Waals surface area contributed by atoms with Crippen LogP contribution in [0.3, 0.4) is 0 Å². The average molecular weight is 362 g/mol. The van der Waals surface area contributed by atoms with E-state index in [1.165, 1.54) is 46.2 Å². The van der Waals surface area contributed by atoms with Crippen LogP contribution in [0.5, 0.6) is 0 Å². The second kappa shape index (κ2) is 7.07. The number of hydrogen-bond donors (Lipinski definition) is 0. The molecular weight excluding hydrogens is 330 g/mol. The first kappa shape index (κ1) is 19.5. The Balaban J connectivity index is 2.25. The van der Waals surface area contributed by atoms with E-state index in [-0.39, 0.29) is 17.4 Å². The van der Waals surface area contributed by atoms with Gasteiger partial charge in [-0.2, -0.15) is 4.91 Å². The lowest BCUT2D eigenvalue weighted by Gasteiger charge is -2.42. The fourth-order valence-electron chi connectivity index (χ4n) is 4.39.